The van der Waals surface area contributed by atoms with Crippen molar-refractivity contribution in [2.45, 2.75) is 118 Å². The molecule has 5 N–H and O–H groups in total. The van der Waals surface area contributed by atoms with Crippen molar-refractivity contribution in [2.75, 3.05) is 13.1 Å². The average Bonchev–Trinajstić information content (AvgIpc) is 2.81. The Morgan fingerprint density at radius 1 is 0.628 bits per heavy atom. The van der Waals surface area contributed by atoms with E-state index in [2.05, 4.69) is 15.6 Å². The minimum absolute atomic E-state index is 0.277. The van der Waals surface area contributed by atoms with Gasteiger partial charge in [-0.05, 0) is 67.9 Å². The van der Waals surface area contributed by atoms with Gasteiger partial charge >= 0.3 is 12.2 Å². The Bertz CT molecular complexity index is 1150. The summed E-state index contributed by atoms with van der Waals surface area (Å²) in [4.78, 5) is 23.7. The highest BCUT2D eigenvalue weighted by Crippen LogP contribution is 2.41. The quantitative estimate of drug-likeness (QED) is 0.122. The van der Waals surface area contributed by atoms with Gasteiger partial charge in [-0.1, -0.05) is 107 Å². The van der Waals surface area contributed by atoms with Crippen LogP contribution in [0.15, 0.2) is 24.3 Å². The first-order chi connectivity index (χ1) is 19.4. The van der Waals surface area contributed by atoms with E-state index in [4.69, 9.17) is 5.11 Å². The zero-order valence-corrected chi connectivity index (χ0v) is 28.2. The van der Waals surface area contributed by atoms with E-state index in [-0.39, 0.29) is 21.7 Å². The van der Waals surface area contributed by atoms with E-state index in [9.17, 15) is 19.8 Å². The van der Waals surface area contributed by atoms with E-state index in [0.717, 1.165) is 38.5 Å². The van der Waals surface area contributed by atoms with Gasteiger partial charge in [-0.3, -0.25) is 0 Å². The first kappa shape index (κ1) is 35.9. The Morgan fingerprint density at radius 2 is 0.907 bits per heavy atom. The molecule has 0 heterocycles. The predicted octanol–water partition coefficient (Wildman–Crippen LogP) is 7.20. The minimum atomic E-state index is -1.70. The first-order valence-corrected chi connectivity index (χ1v) is 14.9. The number of phenolic OH excluding ortho intramolecular Hbond substituents is 2. The maximum absolute atomic E-state index is 12.6. The van der Waals surface area contributed by atoms with Gasteiger partial charge in [0.1, 0.15) is 11.5 Å². The van der Waals surface area contributed by atoms with Crippen molar-refractivity contribution < 1.29 is 29.6 Å². The molecule has 0 aliphatic heterocycles. The number of carbonyl (C=O) groups excluding carboxylic acids is 1. The summed E-state index contributed by atoms with van der Waals surface area (Å²) in [6.07, 6.45) is -1.79. The number of ether oxygens (including phenoxy) is 1. The summed E-state index contributed by atoms with van der Waals surface area (Å²) >= 11 is 0. The Hall–Kier alpha value is -3.30. The lowest BCUT2D eigenvalue weighted by Crippen LogP contribution is -2.53. The Balaban J connectivity index is 2.26. The smallest absolute Gasteiger partial charge is 0.507 e. The molecule has 0 fully saturated rings. The summed E-state index contributed by atoms with van der Waals surface area (Å²) in [5.41, 5.74) is 10.1. The Kier molecular flexibility index (Phi) is 11.0. The second-order valence-electron chi connectivity index (χ2n) is 15.4. The number of nitrogens with one attached hydrogen (secondary N) is 2. The average molecular weight is 600 g/mol. The van der Waals surface area contributed by atoms with Crippen molar-refractivity contribution in [1.29, 1.82) is 0 Å². The SMILES string of the molecule is CC(C)(C)c1cc(CCNN(NCCc2cc(C(C)(C)C)c(O)c(C(C)(C)C)c2)C(=O)OC(=O)O)cc(C(C)(C)C)c1O. The third kappa shape index (κ3) is 9.86. The molecule has 0 bridgehead atoms. The van der Waals surface area contributed by atoms with Gasteiger partial charge in [0.15, 0.2) is 0 Å². The standard InChI is InChI=1S/C34H53N3O6/c1-31(2,3)23-17-21(18-24(27(23)38)32(4,5)6)13-15-35-37(29(40)43-30(41)42)36-16-14-22-19-25(33(7,8)9)28(39)26(20-22)34(10,11)12/h17-20,35-36,38-39H,13-16H2,1-12H3,(H,41,42). The van der Waals surface area contributed by atoms with E-state index in [1.54, 1.807) is 0 Å². The number of hydrogen-bond acceptors (Lipinski definition) is 7. The summed E-state index contributed by atoms with van der Waals surface area (Å²) in [5, 5.41) is 32.0. The van der Waals surface area contributed by atoms with Crippen LogP contribution in [0.4, 0.5) is 9.59 Å². The molecule has 0 saturated carbocycles. The molecule has 0 radical (unpaired) electrons. The number of benzene rings is 2. The number of carbonyl (C=O) groups is 2. The molecule has 0 aliphatic rings. The molecule has 0 saturated heterocycles. The molecule has 0 aliphatic carbocycles. The van der Waals surface area contributed by atoms with Gasteiger partial charge < -0.3 is 20.1 Å². The lowest BCUT2D eigenvalue weighted by atomic mass is 9.78. The number of hydrogen-bond donors (Lipinski definition) is 5. The maximum Gasteiger partial charge on any atom is 0.514 e. The van der Waals surface area contributed by atoms with Crippen LogP contribution >= 0.6 is 0 Å². The second-order valence-corrected chi connectivity index (χ2v) is 15.4. The fourth-order valence-corrected chi connectivity index (χ4v) is 4.89. The van der Waals surface area contributed by atoms with Crippen molar-refractivity contribution in [2.24, 2.45) is 0 Å². The topological polar surface area (TPSA) is 131 Å². The van der Waals surface area contributed by atoms with E-state index in [0.29, 0.717) is 37.4 Å². The monoisotopic (exact) mass is 599 g/mol. The molecule has 240 valence electrons. The lowest BCUT2D eigenvalue weighted by molar-refractivity contribution is 0.0557. The molecule has 0 aromatic heterocycles. The number of amides is 1. The Morgan fingerprint density at radius 3 is 1.14 bits per heavy atom. The van der Waals surface area contributed by atoms with Gasteiger partial charge in [-0.2, -0.15) is 5.12 Å². The molecule has 9 heteroatoms. The first-order valence-electron chi connectivity index (χ1n) is 14.9. The minimum Gasteiger partial charge on any atom is -0.507 e. The molecule has 2 aromatic rings. The predicted molar refractivity (Wildman–Crippen MR) is 171 cm³/mol. The van der Waals surface area contributed by atoms with Crippen molar-refractivity contribution in [1.82, 2.24) is 16.0 Å². The summed E-state index contributed by atoms with van der Waals surface area (Å²) in [7, 11) is 0. The summed E-state index contributed by atoms with van der Waals surface area (Å²) < 4.78 is 4.42. The van der Waals surface area contributed by atoms with Crippen LogP contribution in [-0.2, 0) is 39.2 Å². The molecular weight excluding hydrogens is 546 g/mol. The number of hydrazine groups is 2. The summed E-state index contributed by atoms with van der Waals surface area (Å²) in [6, 6.07) is 7.90. The zero-order chi connectivity index (χ0) is 33.1. The molecule has 43 heavy (non-hydrogen) atoms. The van der Waals surface area contributed by atoms with Crippen LogP contribution in [0.2, 0.25) is 0 Å². The van der Waals surface area contributed by atoms with E-state index in [1.165, 1.54) is 0 Å². The van der Waals surface area contributed by atoms with Crippen LogP contribution in [-0.4, -0.2) is 45.8 Å². The Labute approximate surface area is 257 Å². The molecule has 9 nitrogen and oxygen atoms in total. The largest absolute Gasteiger partial charge is 0.514 e. The van der Waals surface area contributed by atoms with Crippen LogP contribution in [0.1, 0.15) is 116 Å². The van der Waals surface area contributed by atoms with Crippen LogP contribution < -0.4 is 10.9 Å². The van der Waals surface area contributed by atoms with Gasteiger partial charge in [-0.15, -0.1) is 0 Å². The number of phenols is 2. The lowest BCUT2D eigenvalue weighted by Gasteiger charge is -2.29. The molecule has 0 unspecified atom stereocenters. The third-order valence-corrected chi connectivity index (χ3v) is 7.30. The number of rotatable bonds is 8. The molecule has 0 atom stereocenters. The van der Waals surface area contributed by atoms with Crippen molar-refractivity contribution in [3.8, 4) is 11.5 Å². The number of carboxylic acid groups (broad SMARTS) is 1. The number of nitrogens with zero attached hydrogens (tertiary/aromatic N) is 1. The van der Waals surface area contributed by atoms with Crippen LogP contribution in [0.5, 0.6) is 11.5 Å². The molecule has 2 aromatic carbocycles. The van der Waals surface area contributed by atoms with Gasteiger partial charge in [0.05, 0.1) is 0 Å². The zero-order valence-electron chi connectivity index (χ0n) is 28.2. The van der Waals surface area contributed by atoms with Crippen LogP contribution in [0.25, 0.3) is 0 Å². The maximum atomic E-state index is 12.6. The van der Waals surface area contributed by atoms with E-state index < -0.39 is 12.2 Å². The summed E-state index contributed by atoms with van der Waals surface area (Å²) in [6.45, 7) is 25.2. The van der Waals surface area contributed by atoms with Gasteiger partial charge in [-0.25, -0.2) is 20.4 Å². The molecular formula is C34H53N3O6. The highest BCUT2D eigenvalue weighted by molar-refractivity contribution is 5.79. The van der Waals surface area contributed by atoms with Crippen molar-refractivity contribution >= 4 is 12.2 Å². The van der Waals surface area contributed by atoms with E-state index in [1.807, 2.05) is 107 Å². The van der Waals surface area contributed by atoms with Crippen molar-refractivity contribution in [3.05, 3.63) is 57.6 Å². The normalized spacial score (nSPS) is 12.7. The second kappa shape index (κ2) is 13.1. The summed E-state index contributed by atoms with van der Waals surface area (Å²) in [5.74, 6) is 0.590. The fraction of sp³-hybridized carbons (Fsp3) is 0.588. The molecule has 0 spiro atoms. The van der Waals surface area contributed by atoms with Gasteiger partial charge in [0.25, 0.3) is 0 Å². The third-order valence-electron chi connectivity index (χ3n) is 7.30. The fourth-order valence-electron chi connectivity index (χ4n) is 4.89. The van der Waals surface area contributed by atoms with Gasteiger partial charge in [0.2, 0.25) is 0 Å². The van der Waals surface area contributed by atoms with Crippen molar-refractivity contribution in [3.63, 3.8) is 0 Å². The van der Waals surface area contributed by atoms with Crippen LogP contribution in [0.3, 0.4) is 0 Å². The molecule has 1 amide bonds. The molecule has 2 rings (SSSR count). The number of aromatic hydroxyl groups is 2. The van der Waals surface area contributed by atoms with E-state index >= 15 is 0 Å². The van der Waals surface area contributed by atoms with Gasteiger partial charge in [0, 0.05) is 13.1 Å². The van der Waals surface area contributed by atoms with Crippen LogP contribution in [0, 0.1) is 0 Å². The highest BCUT2D eigenvalue weighted by atomic mass is 16.7. The highest BCUT2D eigenvalue weighted by Gasteiger charge is 2.28.